The zero-order valence-electron chi connectivity index (χ0n) is 11.4. The number of nitrogens with one attached hydrogen (secondary N) is 2. The monoisotopic (exact) mass is 260 g/mol. The molecule has 0 fully saturated rings. The number of aromatic nitrogens is 2. The molecule has 0 radical (unpaired) electrons. The quantitative estimate of drug-likeness (QED) is 0.800. The molecule has 0 saturated heterocycles. The van der Waals surface area contributed by atoms with Crippen molar-refractivity contribution in [3.63, 3.8) is 0 Å². The van der Waals surface area contributed by atoms with Crippen molar-refractivity contribution in [1.29, 1.82) is 0 Å². The third-order valence-electron chi connectivity index (χ3n) is 2.68. The lowest BCUT2D eigenvalue weighted by Gasteiger charge is -2.09. The van der Waals surface area contributed by atoms with Crippen LogP contribution in [0.3, 0.4) is 0 Å². The second kappa shape index (κ2) is 6.78. The van der Waals surface area contributed by atoms with Gasteiger partial charge < -0.3 is 15.1 Å². The second-order valence-electron chi connectivity index (χ2n) is 4.81. The molecule has 5 heteroatoms. The van der Waals surface area contributed by atoms with Crippen LogP contribution < -0.4 is 10.6 Å². The molecule has 0 bridgehead atoms. The molecule has 2 rings (SSSR count). The zero-order chi connectivity index (χ0) is 13.5. The third kappa shape index (κ3) is 4.62. The van der Waals surface area contributed by atoms with E-state index in [0.29, 0.717) is 18.4 Å². The van der Waals surface area contributed by atoms with Crippen molar-refractivity contribution in [2.24, 2.45) is 5.92 Å². The molecule has 19 heavy (non-hydrogen) atoms. The van der Waals surface area contributed by atoms with Gasteiger partial charge in [-0.05, 0) is 30.5 Å². The summed E-state index contributed by atoms with van der Waals surface area (Å²) in [5.74, 6) is 3.00. The average Bonchev–Trinajstić information content (AvgIpc) is 2.89. The molecule has 0 amide bonds. The lowest BCUT2D eigenvalue weighted by molar-refractivity contribution is 0.517. The Morgan fingerprint density at radius 1 is 1.26 bits per heavy atom. The molecule has 2 aromatic heterocycles. The Labute approximate surface area is 113 Å². The lowest BCUT2D eigenvalue weighted by atomic mass is 10.1. The van der Waals surface area contributed by atoms with E-state index in [0.717, 1.165) is 24.5 Å². The van der Waals surface area contributed by atoms with Crippen molar-refractivity contribution >= 4 is 11.8 Å². The summed E-state index contributed by atoms with van der Waals surface area (Å²) in [7, 11) is 0. The van der Waals surface area contributed by atoms with E-state index in [2.05, 4.69) is 34.4 Å². The number of nitrogens with zero attached hydrogens (tertiary/aromatic N) is 2. The van der Waals surface area contributed by atoms with Crippen LogP contribution in [0.5, 0.6) is 0 Å². The van der Waals surface area contributed by atoms with Gasteiger partial charge in [-0.3, -0.25) is 0 Å². The molecule has 0 saturated carbocycles. The molecule has 2 N–H and O–H groups in total. The number of furan rings is 1. The molecule has 0 aliphatic heterocycles. The summed E-state index contributed by atoms with van der Waals surface area (Å²) in [5, 5.41) is 6.43. The van der Waals surface area contributed by atoms with Gasteiger partial charge in [-0.25, -0.2) is 4.98 Å². The van der Waals surface area contributed by atoms with Crippen LogP contribution >= 0.6 is 0 Å². The number of hydrogen-bond donors (Lipinski definition) is 2. The smallest absolute Gasteiger partial charge is 0.224 e. The van der Waals surface area contributed by atoms with Crippen LogP contribution in [0.25, 0.3) is 0 Å². The fourth-order valence-corrected chi connectivity index (χ4v) is 1.61. The first-order chi connectivity index (χ1) is 9.24. The van der Waals surface area contributed by atoms with Crippen LogP contribution in [-0.4, -0.2) is 16.5 Å². The molecule has 102 valence electrons. The SMILES string of the molecule is CC(C)CCNc1ccnc(NCc2ccco2)n1. The maximum absolute atomic E-state index is 5.24. The molecule has 0 aliphatic rings. The summed E-state index contributed by atoms with van der Waals surface area (Å²) >= 11 is 0. The summed E-state index contributed by atoms with van der Waals surface area (Å²) < 4.78 is 5.24. The first kappa shape index (κ1) is 13.4. The van der Waals surface area contributed by atoms with Gasteiger partial charge in [0.2, 0.25) is 5.95 Å². The minimum Gasteiger partial charge on any atom is -0.467 e. The van der Waals surface area contributed by atoms with Crippen LogP contribution in [-0.2, 0) is 6.54 Å². The van der Waals surface area contributed by atoms with Crippen molar-refractivity contribution in [2.45, 2.75) is 26.8 Å². The Bertz CT molecular complexity index is 482. The van der Waals surface area contributed by atoms with Crippen LogP contribution in [0.1, 0.15) is 26.0 Å². The summed E-state index contributed by atoms with van der Waals surface area (Å²) in [6.45, 7) is 5.92. The molecule has 0 aliphatic carbocycles. The number of anilines is 2. The first-order valence-electron chi connectivity index (χ1n) is 6.57. The summed E-state index contributed by atoms with van der Waals surface area (Å²) in [5.41, 5.74) is 0. The average molecular weight is 260 g/mol. The van der Waals surface area contributed by atoms with E-state index in [1.165, 1.54) is 0 Å². The van der Waals surface area contributed by atoms with E-state index in [1.807, 2.05) is 18.2 Å². The summed E-state index contributed by atoms with van der Waals surface area (Å²) in [6.07, 6.45) is 4.52. The Kier molecular flexibility index (Phi) is 4.78. The number of rotatable bonds is 7. The Balaban J connectivity index is 1.84. The van der Waals surface area contributed by atoms with Crippen LogP contribution in [0.15, 0.2) is 35.1 Å². The van der Waals surface area contributed by atoms with Gasteiger partial charge in [-0.15, -0.1) is 0 Å². The van der Waals surface area contributed by atoms with E-state index < -0.39 is 0 Å². The third-order valence-corrected chi connectivity index (χ3v) is 2.68. The minimum absolute atomic E-state index is 0.586. The van der Waals surface area contributed by atoms with Gasteiger partial charge in [0, 0.05) is 12.7 Å². The molecule has 0 spiro atoms. The molecule has 0 aromatic carbocycles. The highest BCUT2D eigenvalue weighted by molar-refractivity contribution is 5.39. The van der Waals surface area contributed by atoms with Crippen molar-refractivity contribution in [3.8, 4) is 0 Å². The highest BCUT2D eigenvalue weighted by atomic mass is 16.3. The lowest BCUT2D eigenvalue weighted by Crippen LogP contribution is -2.08. The van der Waals surface area contributed by atoms with Gasteiger partial charge in [0.25, 0.3) is 0 Å². The van der Waals surface area contributed by atoms with Gasteiger partial charge in [0.15, 0.2) is 0 Å². The molecular weight excluding hydrogens is 240 g/mol. The van der Waals surface area contributed by atoms with E-state index in [9.17, 15) is 0 Å². The predicted octanol–water partition coefficient (Wildman–Crippen LogP) is 3.14. The van der Waals surface area contributed by atoms with E-state index in [-0.39, 0.29) is 0 Å². The highest BCUT2D eigenvalue weighted by Crippen LogP contribution is 2.09. The maximum atomic E-state index is 5.24. The van der Waals surface area contributed by atoms with Gasteiger partial charge in [-0.1, -0.05) is 13.8 Å². The normalized spacial score (nSPS) is 10.7. The number of hydrogen-bond acceptors (Lipinski definition) is 5. The van der Waals surface area contributed by atoms with Crippen molar-refractivity contribution in [1.82, 2.24) is 9.97 Å². The van der Waals surface area contributed by atoms with E-state index >= 15 is 0 Å². The topological polar surface area (TPSA) is 63.0 Å². The van der Waals surface area contributed by atoms with Crippen LogP contribution in [0.2, 0.25) is 0 Å². The second-order valence-corrected chi connectivity index (χ2v) is 4.81. The van der Waals surface area contributed by atoms with Crippen LogP contribution in [0.4, 0.5) is 11.8 Å². The summed E-state index contributed by atoms with van der Waals surface area (Å²) in [4.78, 5) is 8.57. The molecular formula is C14H20N4O. The standard InChI is InChI=1S/C14H20N4O/c1-11(2)5-7-15-13-6-8-16-14(18-13)17-10-12-4-3-9-19-12/h3-4,6,8-9,11H,5,7,10H2,1-2H3,(H2,15,16,17,18). The van der Waals surface area contributed by atoms with Crippen LogP contribution in [0, 0.1) is 5.92 Å². The molecule has 5 nitrogen and oxygen atoms in total. The molecule has 0 unspecified atom stereocenters. The van der Waals surface area contributed by atoms with Crippen molar-refractivity contribution in [2.75, 3.05) is 17.2 Å². The first-order valence-corrected chi connectivity index (χ1v) is 6.57. The maximum Gasteiger partial charge on any atom is 0.224 e. The minimum atomic E-state index is 0.586. The van der Waals surface area contributed by atoms with E-state index in [4.69, 9.17) is 4.42 Å². The molecule has 2 heterocycles. The molecule has 2 aromatic rings. The summed E-state index contributed by atoms with van der Waals surface area (Å²) in [6, 6.07) is 5.65. The van der Waals surface area contributed by atoms with Gasteiger partial charge in [-0.2, -0.15) is 4.98 Å². The van der Waals surface area contributed by atoms with Gasteiger partial charge in [0.1, 0.15) is 11.6 Å². The Morgan fingerprint density at radius 3 is 2.89 bits per heavy atom. The fourth-order valence-electron chi connectivity index (χ4n) is 1.61. The Morgan fingerprint density at radius 2 is 2.16 bits per heavy atom. The zero-order valence-corrected chi connectivity index (χ0v) is 11.4. The fraction of sp³-hybridized carbons (Fsp3) is 0.429. The van der Waals surface area contributed by atoms with Crippen molar-refractivity contribution in [3.05, 3.63) is 36.4 Å². The van der Waals surface area contributed by atoms with Gasteiger partial charge >= 0.3 is 0 Å². The predicted molar refractivity (Wildman–Crippen MR) is 76.0 cm³/mol. The van der Waals surface area contributed by atoms with E-state index in [1.54, 1.807) is 12.5 Å². The largest absolute Gasteiger partial charge is 0.467 e. The van der Waals surface area contributed by atoms with Gasteiger partial charge in [0.05, 0.1) is 12.8 Å². The molecule has 0 atom stereocenters. The Hall–Kier alpha value is -2.04. The highest BCUT2D eigenvalue weighted by Gasteiger charge is 2.01. The van der Waals surface area contributed by atoms with Crippen molar-refractivity contribution < 1.29 is 4.42 Å².